The number of hydrazine groups is 1. The number of amides is 4. The highest BCUT2D eigenvalue weighted by Gasteiger charge is 2.64. The van der Waals surface area contributed by atoms with Gasteiger partial charge in [0.2, 0.25) is 11.8 Å². The summed E-state index contributed by atoms with van der Waals surface area (Å²) in [4.78, 5) is 60.7. The van der Waals surface area contributed by atoms with Gasteiger partial charge in [-0.2, -0.15) is 5.26 Å². The van der Waals surface area contributed by atoms with E-state index in [1.165, 1.54) is 4.90 Å². The molecular weight excluding hydrogens is 910 g/mol. The molecule has 68 heavy (non-hydrogen) atoms. The van der Waals surface area contributed by atoms with Crippen LogP contribution in [0.1, 0.15) is 76.5 Å². The van der Waals surface area contributed by atoms with Crippen molar-refractivity contribution in [3.63, 3.8) is 0 Å². The number of rotatable bonds is 19. The van der Waals surface area contributed by atoms with Crippen LogP contribution in [0.5, 0.6) is 11.5 Å². The van der Waals surface area contributed by atoms with E-state index in [0.717, 1.165) is 21.8 Å². The largest absolute Gasteiger partial charge is 0.491 e. The van der Waals surface area contributed by atoms with Crippen LogP contribution < -0.4 is 30.5 Å². The van der Waals surface area contributed by atoms with Crippen molar-refractivity contribution < 1.29 is 43.2 Å². The van der Waals surface area contributed by atoms with Gasteiger partial charge in [0.05, 0.1) is 58.3 Å². The van der Waals surface area contributed by atoms with Crippen molar-refractivity contribution in [1.29, 1.82) is 5.26 Å². The Morgan fingerprint density at radius 3 is 2.24 bits per heavy atom. The molecule has 2 heterocycles. The molecule has 0 unspecified atom stereocenters. The van der Waals surface area contributed by atoms with Gasteiger partial charge in [0.15, 0.2) is 0 Å². The monoisotopic (exact) mass is 971 g/mol. The number of aliphatic hydroxyl groups excluding tert-OH is 1. The Bertz CT molecular complexity index is 2450. The summed E-state index contributed by atoms with van der Waals surface area (Å²) in [6, 6.07) is 19.4. The van der Waals surface area contributed by atoms with Crippen molar-refractivity contribution in [2.75, 3.05) is 51.6 Å². The molecule has 0 bridgehead atoms. The van der Waals surface area contributed by atoms with Gasteiger partial charge in [0, 0.05) is 48.5 Å². The molecule has 4 amide bonds. The predicted octanol–water partition coefficient (Wildman–Crippen LogP) is 6.33. The predicted molar refractivity (Wildman–Crippen MR) is 259 cm³/mol. The third kappa shape index (κ3) is 12.1. The molecule has 2 fully saturated rings. The fourth-order valence-corrected chi connectivity index (χ4v) is 10.2. The number of aliphatic hydroxyl groups is 1. The van der Waals surface area contributed by atoms with E-state index >= 15 is 0 Å². The zero-order valence-corrected chi connectivity index (χ0v) is 41.6. The fraction of sp³-hybridized carbons (Fsp3) is 0.480. The number of hydrogen-bond donors (Lipinski definition) is 4. The minimum absolute atomic E-state index is 0.0518. The van der Waals surface area contributed by atoms with Gasteiger partial charge in [0.1, 0.15) is 49.0 Å². The maximum atomic E-state index is 14.0. The van der Waals surface area contributed by atoms with Crippen molar-refractivity contribution in [2.45, 2.75) is 92.1 Å². The van der Waals surface area contributed by atoms with E-state index in [2.05, 4.69) is 27.1 Å². The molecule has 1 aliphatic heterocycles. The standard InChI is InChI=1S/C50H62ClN7O9S/c1-30-41(68-29-53-30)31-10-15-34(16-11-31)57(9)56-44(62)39-24-35(59)27-58(39)45(63)42(48(2,3)4)54-40(60)28-65-21-20-64-22-23-66-36-17-12-32(13-18-36)43(61)55-46-49(5,6)47(50(46,7)8)67-37-19-14-33(26-52)38(51)25-37/h10-19,25,29,35,39,42,46-47,59H,20-24,27-28H2,1-9H3,(H,54,60)(H,55,61)(H,56,62)/t35-,39+,42-,46?,47?/m1/s1. The average Bonchev–Trinajstić information content (AvgIpc) is 3.91. The average molecular weight is 973 g/mol. The van der Waals surface area contributed by atoms with Gasteiger partial charge in [-0.15, -0.1) is 11.3 Å². The summed E-state index contributed by atoms with van der Waals surface area (Å²) in [6.45, 7) is 16.0. The molecule has 1 saturated carbocycles. The number of nitrogens with one attached hydrogen (secondary N) is 3. The van der Waals surface area contributed by atoms with Crippen LogP contribution in [-0.4, -0.2) is 116 Å². The normalized spacial score (nSPS) is 19.8. The molecule has 1 aliphatic carbocycles. The lowest BCUT2D eigenvalue weighted by molar-refractivity contribution is -0.164. The molecule has 3 atom stereocenters. The molecule has 4 N–H and O–H groups in total. The first-order valence-corrected chi connectivity index (χ1v) is 23.8. The van der Waals surface area contributed by atoms with Crippen LogP contribution in [-0.2, 0) is 23.9 Å². The summed E-state index contributed by atoms with van der Waals surface area (Å²) in [5.41, 5.74) is 6.63. The molecule has 2 aliphatic rings. The summed E-state index contributed by atoms with van der Waals surface area (Å²) in [5, 5.41) is 27.7. The minimum Gasteiger partial charge on any atom is -0.491 e. The smallest absolute Gasteiger partial charge is 0.261 e. The van der Waals surface area contributed by atoms with Gasteiger partial charge in [-0.05, 0) is 66.4 Å². The SMILES string of the molecule is Cc1ncsc1-c1ccc(N(C)NC(=O)[C@@H]2C[C@@H](O)CN2C(=O)[C@@H](NC(=O)COCCOCCOc2ccc(C(=O)NC3C(C)(C)C(Oc4ccc(C#N)c(Cl)c4)C3(C)C)cc2)C(C)(C)C)cc1. The van der Waals surface area contributed by atoms with E-state index in [4.69, 9.17) is 30.5 Å². The van der Waals surface area contributed by atoms with E-state index in [1.54, 1.807) is 71.4 Å². The van der Waals surface area contributed by atoms with E-state index in [1.807, 2.05) is 79.7 Å². The van der Waals surface area contributed by atoms with Gasteiger partial charge >= 0.3 is 0 Å². The zero-order chi connectivity index (χ0) is 49.6. The van der Waals surface area contributed by atoms with Crippen molar-refractivity contribution in [3.05, 3.63) is 94.1 Å². The number of likely N-dealkylation sites (tertiary alicyclic amines) is 1. The number of aromatic nitrogens is 1. The Hall–Kier alpha value is -5.77. The number of halogens is 1. The fourth-order valence-electron chi connectivity index (χ4n) is 9.16. The number of hydrogen-bond acceptors (Lipinski definition) is 13. The third-order valence-electron chi connectivity index (χ3n) is 12.5. The number of carbonyl (C=O) groups is 4. The Kier molecular flexibility index (Phi) is 16.5. The molecule has 4 aromatic rings. The number of nitrogens with zero attached hydrogens (tertiary/aromatic N) is 4. The van der Waals surface area contributed by atoms with Crippen molar-refractivity contribution in [1.82, 2.24) is 25.9 Å². The number of carbonyl (C=O) groups excluding carboxylic acids is 4. The summed E-state index contributed by atoms with van der Waals surface area (Å²) >= 11 is 7.78. The maximum Gasteiger partial charge on any atom is 0.261 e. The number of nitriles is 1. The first-order chi connectivity index (χ1) is 32.1. The van der Waals surface area contributed by atoms with E-state index in [-0.39, 0.29) is 64.1 Å². The Labute approximate surface area is 407 Å². The van der Waals surface area contributed by atoms with Crippen LogP contribution in [0.15, 0.2) is 72.2 Å². The van der Waals surface area contributed by atoms with Crippen LogP contribution in [0, 0.1) is 34.5 Å². The molecule has 364 valence electrons. The summed E-state index contributed by atoms with van der Waals surface area (Å²) < 4.78 is 23.3. The molecule has 1 saturated heterocycles. The van der Waals surface area contributed by atoms with Gasteiger partial charge in [-0.25, -0.2) is 4.98 Å². The lowest BCUT2D eigenvalue weighted by atomic mass is 9.49. The van der Waals surface area contributed by atoms with Crippen molar-refractivity contribution in [2.24, 2.45) is 16.2 Å². The van der Waals surface area contributed by atoms with E-state index in [0.29, 0.717) is 27.6 Å². The highest BCUT2D eigenvalue weighted by atomic mass is 35.5. The summed E-state index contributed by atoms with van der Waals surface area (Å²) in [7, 11) is 1.70. The number of thiazole rings is 1. The highest BCUT2D eigenvalue weighted by Crippen LogP contribution is 2.55. The zero-order valence-electron chi connectivity index (χ0n) is 40.1. The van der Waals surface area contributed by atoms with Gasteiger partial charge < -0.3 is 39.6 Å². The Morgan fingerprint density at radius 1 is 0.971 bits per heavy atom. The first kappa shape index (κ1) is 51.6. The third-order valence-corrected chi connectivity index (χ3v) is 13.8. The Morgan fingerprint density at radius 2 is 1.62 bits per heavy atom. The lowest BCUT2D eigenvalue weighted by Gasteiger charge is -2.63. The van der Waals surface area contributed by atoms with Crippen LogP contribution in [0.3, 0.4) is 0 Å². The minimum atomic E-state index is -1.01. The van der Waals surface area contributed by atoms with E-state index in [9.17, 15) is 29.5 Å². The second kappa shape index (κ2) is 21.7. The molecule has 1 aromatic heterocycles. The topological polar surface area (TPSA) is 205 Å². The van der Waals surface area contributed by atoms with Crippen LogP contribution in [0.25, 0.3) is 10.4 Å². The number of benzene rings is 3. The highest BCUT2D eigenvalue weighted by molar-refractivity contribution is 7.13. The second-order valence-corrected chi connectivity index (χ2v) is 20.7. The van der Waals surface area contributed by atoms with Crippen LogP contribution >= 0.6 is 22.9 Å². The van der Waals surface area contributed by atoms with Crippen molar-refractivity contribution in [3.8, 4) is 28.0 Å². The van der Waals surface area contributed by atoms with Gasteiger partial charge in [0.25, 0.3) is 11.8 Å². The molecule has 3 aromatic carbocycles. The molecule has 18 heteroatoms. The molecule has 0 spiro atoms. The lowest BCUT2D eigenvalue weighted by Crippen LogP contribution is -2.74. The number of ether oxygens (including phenoxy) is 4. The maximum absolute atomic E-state index is 14.0. The molecular formula is C50H62ClN7O9S. The number of anilines is 1. The molecule has 16 nitrogen and oxygen atoms in total. The quantitative estimate of drug-likeness (QED) is 0.0602. The number of aryl methyl sites for hydroxylation is 1. The molecule has 6 rings (SSSR count). The summed E-state index contributed by atoms with van der Waals surface area (Å²) in [6.07, 6.45) is -1.09. The summed E-state index contributed by atoms with van der Waals surface area (Å²) in [5.74, 6) is -0.547. The van der Waals surface area contributed by atoms with Gasteiger partial charge in [-0.1, -0.05) is 72.2 Å². The first-order valence-electron chi connectivity index (χ1n) is 22.5. The van der Waals surface area contributed by atoms with Gasteiger partial charge in [-0.3, -0.25) is 29.6 Å². The number of β-amino-alcohol motifs (C(OH)–C–C–N with tert-alkyl or cyclic N) is 1. The van der Waals surface area contributed by atoms with E-state index < -0.39 is 52.2 Å². The van der Waals surface area contributed by atoms with Crippen LogP contribution in [0.4, 0.5) is 5.69 Å². The second-order valence-electron chi connectivity index (χ2n) is 19.4. The molecule has 0 radical (unpaired) electrons. The van der Waals surface area contributed by atoms with Crippen LogP contribution in [0.2, 0.25) is 5.02 Å². The van der Waals surface area contributed by atoms with Crippen molar-refractivity contribution >= 4 is 52.3 Å². The Balaban J connectivity index is 0.887.